The van der Waals surface area contributed by atoms with Crippen LogP contribution in [0.5, 0.6) is 0 Å². The smallest absolute Gasteiger partial charge is 0.167 e. The summed E-state index contributed by atoms with van der Waals surface area (Å²) in [6.07, 6.45) is 1.27. The lowest BCUT2D eigenvalue weighted by atomic mass is 10.1. The van der Waals surface area contributed by atoms with Crippen LogP contribution in [0, 0.1) is 11.3 Å². The van der Waals surface area contributed by atoms with Crippen molar-refractivity contribution >= 4 is 28.9 Å². The number of rotatable bonds is 1. The van der Waals surface area contributed by atoms with E-state index in [4.69, 9.17) is 34.2 Å². The van der Waals surface area contributed by atoms with Gasteiger partial charge in [-0.25, -0.2) is 9.97 Å². The highest BCUT2D eigenvalue weighted by Gasteiger charge is 2.12. The summed E-state index contributed by atoms with van der Waals surface area (Å²) in [4.78, 5) is 7.80. The Kier molecular flexibility index (Phi) is 3.14. The van der Waals surface area contributed by atoms with Crippen molar-refractivity contribution in [1.29, 1.82) is 5.26 Å². The predicted molar refractivity (Wildman–Crippen MR) is 66.6 cm³/mol. The Labute approximate surface area is 108 Å². The second-order valence-electron chi connectivity index (χ2n) is 3.22. The van der Waals surface area contributed by atoms with E-state index in [1.165, 1.54) is 6.33 Å². The van der Waals surface area contributed by atoms with Gasteiger partial charge in [0.05, 0.1) is 16.4 Å². The quantitative estimate of drug-likeness (QED) is 0.860. The molecular formula is C11H6Cl2N4. The first-order chi connectivity index (χ1) is 8.13. The Balaban J connectivity index is 2.66. The number of nitriles is 1. The summed E-state index contributed by atoms with van der Waals surface area (Å²) in [5.74, 6) is 0. The van der Waals surface area contributed by atoms with E-state index in [0.717, 1.165) is 0 Å². The van der Waals surface area contributed by atoms with E-state index in [1.54, 1.807) is 18.2 Å². The molecule has 1 heterocycles. The van der Waals surface area contributed by atoms with Gasteiger partial charge < -0.3 is 5.73 Å². The number of halogens is 2. The molecule has 0 amide bonds. The van der Waals surface area contributed by atoms with Crippen LogP contribution in [0.3, 0.4) is 0 Å². The van der Waals surface area contributed by atoms with E-state index in [0.29, 0.717) is 21.3 Å². The van der Waals surface area contributed by atoms with E-state index in [2.05, 4.69) is 9.97 Å². The van der Waals surface area contributed by atoms with Gasteiger partial charge in [0.1, 0.15) is 12.4 Å². The number of hydrogen-bond donors (Lipinski definition) is 1. The zero-order valence-corrected chi connectivity index (χ0v) is 10.00. The van der Waals surface area contributed by atoms with Crippen molar-refractivity contribution in [2.75, 3.05) is 5.73 Å². The Morgan fingerprint density at radius 1 is 1.24 bits per heavy atom. The molecule has 0 radical (unpaired) electrons. The number of aromatic nitrogens is 2. The van der Waals surface area contributed by atoms with Gasteiger partial charge in [0.25, 0.3) is 0 Å². The first-order valence-electron chi connectivity index (χ1n) is 4.59. The largest absolute Gasteiger partial charge is 0.395 e. The molecule has 0 aliphatic heterocycles. The van der Waals surface area contributed by atoms with Crippen molar-refractivity contribution in [3.8, 4) is 17.3 Å². The maximum atomic E-state index is 8.83. The van der Waals surface area contributed by atoms with Crippen molar-refractivity contribution in [2.24, 2.45) is 0 Å². The second-order valence-corrected chi connectivity index (χ2v) is 4.06. The third kappa shape index (κ3) is 2.16. The number of hydrogen-bond acceptors (Lipinski definition) is 4. The first-order valence-corrected chi connectivity index (χ1v) is 5.35. The lowest BCUT2D eigenvalue weighted by molar-refractivity contribution is 1.15. The van der Waals surface area contributed by atoms with E-state index in [-0.39, 0.29) is 11.4 Å². The third-order valence-electron chi connectivity index (χ3n) is 2.18. The molecule has 0 aliphatic rings. The van der Waals surface area contributed by atoms with Crippen LogP contribution >= 0.6 is 23.2 Å². The number of nitrogen functional groups attached to an aromatic ring is 1. The van der Waals surface area contributed by atoms with Crippen molar-refractivity contribution in [3.05, 3.63) is 40.3 Å². The number of nitrogens with zero attached hydrogens (tertiary/aromatic N) is 3. The van der Waals surface area contributed by atoms with Gasteiger partial charge in [-0.2, -0.15) is 5.26 Å². The van der Waals surface area contributed by atoms with Crippen molar-refractivity contribution in [1.82, 2.24) is 9.97 Å². The average molecular weight is 265 g/mol. The Morgan fingerprint density at radius 2 is 2.00 bits per heavy atom. The summed E-state index contributed by atoms with van der Waals surface area (Å²) < 4.78 is 0. The fourth-order valence-corrected chi connectivity index (χ4v) is 1.88. The van der Waals surface area contributed by atoms with E-state index in [1.807, 2.05) is 6.07 Å². The maximum Gasteiger partial charge on any atom is 0.167 e. The fraction of sp³-hybridized carbons (Fsp3) is 0. The summed E-state index contributed by atoms with van der Waals surface area (Å²) in [5, 5.41) is 9.77. The summed E-state index contributed by atoms with van der Waals surface area (Å²) in [5.41, 5.74) is 7.17. The molecule has 2 rings (SSSR count). The molecule has 0 spiro atoms. The molecule has 84 valence electrons. The molecule has 0 saturated carbocycles. The van der Waals surface area contributed by atoms with Gasteiger partial charge in [-0.1, -0.05) is 23.2 Å². The number of nitrogens with two attached hydrogens (primary N) is 1. The van der Waals surface area contributed by atoms with Crippen LogP contribution in [0.4, 0.5) is 5.69 Å². The molecule has 0 aliphatic carbocycles. The molecule has 1 aromatic heterocycles. The lowest BCUT2D eigenvalue weighted by Gasteiger charge is -2.07. The Hall–Kier alpha value is -1.83. The minimum Gasteiger partial charge on any atom is -0.395 e. The van der Waals surface area contributed by atoms with Crippen LogP contribution in [0.2, 0.25) is 10.0 Å². The van der Waals surface area contributed by atoms with Gasteiger partial charge in [-0.15, -0.1) is 0 Å². The summed E-state index contributed by atoms with van der Waals surface area (Å²) in [6, 6.07) is 6.86. The summed E-state index contributed by atoms with van der Waals surface area (Å²) >= 11 is 11.9. The van der Waals surface area contributed by atoms with Crippen LogP contribution in [0.15, 0.2) is 24.5 Å². The average Bonchev–Trinajstić information content (AvgIpc) is 2.30. The molecule has 2 aromatic rings. The standard InChI is InChI=1S/C11H6Cl2N4/c12-6-1-2-7(8(13)3-6)11-10(15)9(4-14)16-5-17-11/h1-3,5H,15H2. The minimum absolute atomic E-state index is 0.126. The highest BCUT2D eigenvalue weighted by Crippen LogP contribution is 2.32. The van der Waals surface area contributed by atoms with Gasteiger partial charge in [-0.3, -0.25) is 0 Å². The van der Waals surface area contributed by atoms with Crippen LogP contribution in [0.1, 0.15) is 5.69 Å². The van der Waals surface area contributed by atoms with Gasteiger partial charge >= 0.3 is 0 Å². The molecule has 0 atom stereocenters. The first kappa shape index (κ1) is 11.6. The summed E-state index contributed by atoms with van der Waals surface area (Å²) in [6.45, 7) is 0. The highest BCUT2D eigenvalue weighted by molar-refractivity contribution is 6.36. The fourth-order valence-electron chi connectivity index (χ4n) is 1.38. The van der Waals surface area contributed by atoms with Gasteiger partial charge in [-0.05, 0) is 18.2 Å². The highest BCUT2D eigenvalue weighted by atomic mass is 35.5. The van der Waals surface area contributed by atoms with Crippen LogP contribution in [-0.2, 0) is 0 Å². The predicted octanol–water partition coefficient (Wildman–Crippen LogP) is 2.90. The maximum absolute atomic E-state index is 8.83. The van der Waals surface area contributed by atoms with Gasteiger partial charge in [0.15, 0.2) is 5.69 Å². The topological polar surface area (TPSA) is 75.6 Å². The van der Waals surface area contributed by atoms with Gasteiger partial charge in [0.2, 0.25) is 0 Å². The molecule has 4 nitrogen and oxygen atoms in total. The number of benzene rings is 1. The molecule has 6 heteroatoms. The molecule has 1 aromatic carbocycles. The van der Waals surface area contributed by atoms with Crippen LogP contribution in [-0.4, -0.2) is 9.97 Å². The van der Waals surface area contributed by atoms with Crippen molar-refractivity contribution < 1.29 is 0 Å². The van der Waals surface area contributed by atoms with Crippen molar-refractivity contribution in [3.63, 3.8) is 0 Å². The SMILES string of the molecule is N#Cc1ncnc(-c2ccc(Cl)cc2Cl)c1N. The Morgan fingerprint density at radius 3 is 2.65 bits per heavy atom. The normalized spacial score (nSPS) is 9.94. The third-order valence-corrected chi connectivity index (χ3v) is 2.72. The Bertz CT molecular complexity index is 619. The molecule has 0 fully saturated rings. The second kappa shape index (κ2) is 4.58. The van der Waals surface area contributed by atoms with E-state index >= 15 is 0 Å². The zero-order chi connectivity index (χ0) is 12.4. The zero-order valence-electron chi connectivity index (χ0n) is 8.48. The molecule has 0 bridgehead atoms. The molecule has 17 heavy (non-hydrogen) atoms. The number of anilines is 1. The molecule has 0 saturated heterocycles. The lowest BCUT2D eigenvalue weighted by Crippen LogP contribution is -1.99. The molecular weight excluding hydrogens is 259 g/mol. The summed E-state index contributed by atoms with van der Waals surface area (Å²) in [7, 11) is 0. The van der Waals surface area contributed by atoms with Crippen LogP contribution in [0.25, 0.3) is 11.3 Å². The molecule has 2 N–H and O–H groups in total. The van der Waals surface area contributed by atoms with E-state index < -0.39 is 0 Å². The molecule has 0 unspecified atom stereocenters. The van der Waals surface area contributed by atoms with Gasteiger partial charge in [0, 0.05) is 10.6 Å². The van der Waals surface area contributed by atoms with E-state index in [9.17, 15) is 0 Å². The van der Waals surface area contributed by atoms with Crippen molar-refractivity contribution in [2.45, 2.75) is 0 Å². The monoisotopic (exact) mass is 264 g/mol. The van der Waals surface area contributed by atoms with Crippen LogP contribution < -0.4 is 5.73 Å². The minimum atomic E-state index is 0.126.